The molecule has 25 heavy (non-hydrogen) atoms. The Morgan fingerprint density at radius 1 is 1.36 bits per heavy atom. The van der Waals surface area contributed by atoms with Crippen LogP contribution in [-0.4, -0.2) is 62.2 Å². The average Bonchev–Trinajstić information content (AvgIpc) is 2.52. The molecule has 0 aromatic heterocycles. The second kappa shape index (κ2) is 9.66. The predicted molar refractivity (Wildman–Crippen MR) is 118 cm³/mol. The maximum atomic E-state index is 12.1. The van der Waals surface area contributed by atoms with E-state index in [1.54, 1.807) is 32.7 Å². The SMILES string of the molecule is CN=C(NCCSc1ccc(Cl)cc1)N1CCS(=O)(=O)C(C)(C)C1.I. The summed E-state index contributed by atoms with van der Waals surface area (Å²) in [6, 6.07) is 7.76. The van der Waals surface area contributed by atoms with Crippen molar-refractivity contribution in [2.75, 3.05) is 38.2 Å². The van der Waals surface area contributed by atoms with E-state index in [-0.39, 0.29) is 29.7 Å². The Balaban J connectivity index is 0.00000312. The van der Waals surface area contributed by atoms with Crippen LogP contribution in [0.25, 0.3) is 0 Å². The molecule has 0 atom stereocenters. The molecule has 1 aliphatic rings. The first-order chi connectivity index (χ1) is 11.2. The fraction of sp³-hybridized carbons (Fsp3) is 0.562. The van der Waals surface area contributed by atoms with Crippen molar-refractivity contribution in [2.24, 2.45) is 4.99 Å². The van der Waals surface area contributed by atoms with Crippen molar-refractivity contribution >= 4 is 63.1 Å². The lowest BCUT2D eigenvalue weighted by molar-refractivity contribution is 0.354. The molecule has 0 aliphatic carbocycles. The minimum atomic E-state index is -3.04. The minimum Gasteiger partial charge on any atom is -0.355 e. The maximum absolute atomic E-state index is 12.1. The first-order valence-corrected chi connectivity index (χ1v) is 10.8. The number of halogens is 2. The molecule has 0 radical (unpaired) electrons. The summed E-state index contributed by atoms with van der Waals surface area (Å²) in [4.78, 5) is 7.48. The first kappa shape index (κ1) is 22.9. The van der Waals surface area contributed by atoms with Crippen molar-refractivity contribution in [1.82, 2.24) is 10.2 Å². The van der Waals surface area contributed by atoms with E-state index in [2.05, 4.69) is 10.3 Å². The van der Waals surface area contributed by atoms with Gasteiger partial charge in [-0.2, -0.15) is 0 Å². The highest BCUT2D eigenvalue weighted by atomic mass is 127. The Morgan fingerprint density at radius 2 is 2.00 bits per heavy atom. The molecular formula is C16H25ClIN3O2S2. The van der Waals surface area contributed by atoms with Gasteiger partial charge in [0.05, 0.1) is 10.5 Å². The van der Waals surface area contributed by atoms with Crippen LogP contribution in [0.5, 0.6) is 0 Å². The summed E-state index contributed by atoms with van der Waals surface area (Å²) in [6.07, 6.45) is 0. The quantitative estimate of drug-likeness (QED) is 0.219. The van der Waals surface area contributed by atoms with Gasteiger partial charge in [0, 0.05) is 42.4 Å². The topological polar surface area (TPSA) is 61.8 Å². The van der Waals surface area contributed by atoms with Gasteiger partial charge in [-0.15, -0.1) is 35.7 Å². The van der Waals surface area contributed by atoms with E-state index in [0.717, 1.165) is 23.3 Å². The van der Waals surface area contributed by atoms with Crippen LogP contribution in [-0.2, 0) is 9.84 Å². The largest absolute Gasteiger partial charge is 0.355 e. The van der Waals surface area contributed by atoms with E-state index in [4.69, 9.17) is 11.6 Å². The van der Waals surface area contributed by atoms with Crippen LogP contribution in [0.15, 0.2) is 34.2 Å². The van der Waals surface area contributed by atoms with Crippen LogP contribution in [0.3, 0.4) is 0 Å². The molecule has 0 bridgehead atoms. The summed E-state index contributed by atoms with van der Waals surface area (Å²) in [5.74, 6) is 1.81. The van der Waals surface area contributed by atoms with E-state index >= 15 is 0 Å². The summed E-state index contributed by atoms with van der Waals surface area (Å²) < 4.78 is 23.5. The lowest BCUT2D eigenvalue weighted by atomic mass is 10.2. The Hall–Kier alpha value is -0.190. The molecule has 2 rings (SSSR count). The number of thioether (sulfide) groups is 1. The van der Waals surface area contributed by atoms with Gasteiger partial charge in [-0.1, -0.05) is 11.6 Å². The van der Waals surface area contributed by atoms with Gasteiger partial charge in [0.2, 0.25) is 0 Å². The van der Waals surface area contributed by atoms with E-state index in [0.29, 0.717) is 13.1 Å². The summed E-state index contributed by atoms with van der Waals surface area (Å²) in [5, 5.41) is 4.06. The normalized spacial score (nSPS) is 19.2. The second-order valence-electron chi connectivity index (χ2n) is 6.28. The number of hydrogen-bond donors (Lipinski definition) is 1. The van der Waals surface area contributed by atoms with Gasteiger partial charge >= 0.3 is 0 Å². The van der Waals surface area contributed by atoms with Crippen molar-refractivity contribution in [3.63, 3.8) is 0 Å². The van der Waals surface area contributed by atoms with Gasteiger partial charge in [0.25, 0.3) is 0 Å². The molecule has 1 N–H and O–H groups in total. The van der Waals surface area contributed by atoms with Gasteiger partial charge in [0.15, 0.2) is 15.8 Å². The standard InChI is InChI=1S/C16H24ClN3O2S2.HI/c1-16(2)12-20(9-11-24(16,21)22)15(18-3)19-8-10-23-14-6-4-13(17)5-7-14;/h4-7H,8-12H2,1-3H3,(H,18,19);1H. The third-order valence-electron chi connectivity index (χ3n) is 4.02. The predicted octanol–water partition coefficient (Wildman–Crippen LogP) is 3.13. The fourth-order valence-electron chi connectivity index (χ4n) is 2.52. The average molecular weight is 518 g/mol. The number of nitrogens with one attached hydrogen (secondary N) is 1. The number of rotatable bonds is 4. The molecule has 0 saturated carbocycles. The Labute approximate surface area is 176 Å². The molecule has 1 aromatic rings. The number of benzene rings is 1. The minimum absolute atomic E-state index is 0. The molecule has 142 valence electrons. The monoisotopic (exact) mass is 517 g/mol. The number of nitrogens with zero attached hydrogens (tertiary/aromatic N) is 2. The van der Waals surface area contributed by atoms with Gasteiger partial charge in [-0.05, 0) is 38.1 Å². The summed E-state index contributed by atoms with van der Waals surface area (Å²) in [6.45, 7) is 5.25. The maximum Gasteiger partial charge on any atom is 0.193 e. The van der Waals surface area contributed by atoms with Crippen LogP contribution in [0.4, 0.5) is 0 Å². The van der Waals surface area contributed by atoms with Crippen LogP contribution >= 0.6 is 47.3 Å². The first-order valence-electron chi connectivity index (χ1n) is 7.81. The Bertz CT molecular complexity index is 694. The number of hydrogen-bond acceptors (Lipinski definition) is 4. The third kappa shape index (κ3) is 6.18. The molecule has 1 fully saturated rings. The summed E-state index contributed by atoms with van der Waals surface area (Å²) in [7, 11) is -1.31. The van der Waals surface area contributed by atoms with E-state index < -0.39 is 14.6 Å². The number of guanidine groups is 1. The fourth-order valence-corrected chi connectivity index (χ4v) is 4.78. The van der Waals surface area contributed by atoms with Crippen molar-refractivity contribution in [2.45, 2.75) is 23.5 Å². The van der Waals surface area contributed by atoms with Crippen molar-refractivity contribution in [1.29, 1.82) is 0 Å². The van der Waals surface area contributed by atoms with E-state index in [9.17, 15) is 8.42 Å². The molecule has 1 aromatic carbocycles. The highest BCUT2D eigenvalue weighted by molar-refractivity contribution is 14.0. The van der Waals surface area contributed by atoms with Crippen LogP contribution in [0, 0.1) is 0 Å². The van der Waals surface area contributed by atoms with Crippen molar-refractivity contribution < 1.29 is 8.42 Å². The molecule has 9 heteroatoms. The number of aliphatic imine (C=N–C) groups is 1. The molecular weight excluding hydrogens is 493 g/mol. The van der Waals surface area contributed by atoms with E-state index in [1.807, 2.05) is 29.2 Å². The van der Waals surface area contributed by atoms with E-state index in [1.165, 1.54) is 4.90 Å². The molecule has 0 spiro atoms. The zero-order valence-electron chi connectivity index (χ0n) is 14.7. The molecule has 1 heterocycles. The van der Waals surface area contributed by atoms with Crippen LogP contribution < -0.4 is 5.32 Å². The van der Waals surface area contributed by atoms with Crippen molar-refractivity contribution in [3.05, 3.63) is 29.3 Å². The van der Waals surface area contributed by atoms with Crippen molar-refractivity contribution in [3.8, 4) is 0 Å². The van der Waals surface area contributed by atoms with Gasteiger partial charge in [-0.25, -0.2) is 8.42 Å². The van der Waals surface area contributed by atoms with Crippen LogP contribution in [0.2, 0.25) is 5.02 Å². The van der Waals surface area contributed by atoms with Crippen LogP contribution in [0.1, 0.15) is 13.8 Å². The van der Waals surface area contributed by atoms with Gasteiger partial charge < -0.3 is 10.2 Å². The summed E-state index contributed by atoms with van der Waals surface area (Å²) in [5.41, 5.74) is 0. The molecule has 0 amide bonds. The molecule has 1 aliphatic heterocycles. The molecule has 1 saturated heterocycles. The second-order valence-corrected chi connectivity index (χ2v) is 10.6. The third-order valence-corrected chi connectivity index (χ3v) is 7.82. The molecule has 0 unspecified atom stereocenters. The Morgan fingerprint density at radius 3 is 2.56 bits per heavy atom. The lowest BCUT2D eigenvalue weighted by Crippen LogP contribution is -2.57. The highest BCUT2D eigenvalue weighted by Crippen LogP contribution is 2.24. The van der Waals surface area contributed by atoms with Gasteiger partial charge in [-0.3, -0.25) is 4.99 Å². The zero-order chi connectivity index (χ0) is 17.8. The highest BCUT2D eigenvalue weighted by Gasteiger charge is 2.40. The van der Waals surface area contributed by atoms with Gasteiger partial charge in [0.1, 0.15) is 0 Å². The molecule has 5 nitrogen and oxygen atoms in total. The lowest BCUT2D eigenvalue weighted by Gasteiger charge is -2.39. The zero-order valence-corrected chi connectivity index (χ0v) is 19.4. The smallest absolute Gasteiger partial charge is 0.193 e. The Kier molecular flexibility index (Phi) is 8.83. The number of sulfone groups is 1. The summed E-state index contributed by atoms with van der Waals surface area (Å²) >= 11 is 7.61.